The number of aromatic nitrogens is 2. The van der Waals surface area contributed by atoms with Crippen molar-refractivity contribution in [1.29, 1.82) is 0 Å². The Bertz CT molecular complexity index is 595. The molecule has 2 rings (SSSR count). The topological polar surface area (TPSA) is 24.0 Å². The molecule has 0 aliphatic heterocycles. The second kappa shape index (κ2) is 5.24. The van der Waals surface area contributed by atoms with Crippen molar-refractivity contribution in [3.8, 4) is 0 Å². The van der Waals surface area contributed by atoms with E-state index < -0.39 is 0 Å². The van der Waals surface area contributed by atoms with Crippen LogP contribution in [0.2, 0.25) is 0 Å². The van der Waals surface area contributed by atoms with Crippen LogP contribution in [0.3, 0.4) is 0 Å². The van der Waals surface area contributed by atoms with Gasteiger partial charge in [-0.05, 0) is 57.7 Å². The second-order valence-corrected chi connectivity index (χ2v) is 5.56. The molecular weight excluding hydrogens is 242 g/mol. The number of benzene rings is 1. The minimum absolute atomic E-state index is 0.562. The van der Waals surface area contributed by atoms with Crippen molar-refractivity contribution in [2.45, 2.75) is 33.4 Å². The summed E-state index contributed by atoms with van der Waals surface area (Å²) in [5, 5.41) is 0. The number of nitrogens with zero attached hydrogens (tertiary/aromatic N) is 2. The monoisotopic (exact) mass is 263 g/mol. The van der Waals surface area contributed by atoms with Gasteiger partial charge in [0.25, 0.3) is 0 Å². The van der Waals surface area contributed by atoms with Crippen LogP contribution in [0.5, 0.6) is 0 Å². The van der Waals surface area contributed by atoms with Crippen LogP contribution in [0.15, 0.2) is 18.2 Å². The molecule has 18 heavy (non-hydrogen) atoms. The average Bonchev–Trinajstić information content (AvgIpc) is 2.60. The first-order valence-electron chi connectivity index (χ1n) is 6.38. The Labute approximate surface area is 113 Å². The van der Waals surface area contributed by atoms with Gasteiger partial charge in [-0.25, -0.2) is 0 Å². The fraction of sp³-hybridized carbons (Fsp3) is 0.500. The van der Waals surface area contributed by atoms with E-state index in [0.717, 1.165) is 23.4 Å². The van der Waals surface area contributed by atoms with E-state index >= 15 is 0 Å². The van der Waals surface area contributed by atoms with Gasteiger partial charge in [0.15, 0.2) is 4.77 Å². The van der Waals surface area contributed by atoms with Gasteiger partial charge in [0.2, 0.25) is 0 Å². The second-order valence-electron chi connectivity index (χ2n) is 5.18. The van der Waals surface area contributed by atoms with Gasteiger partial charge in [0.05, 0.1) is 11.0 Å². The maximum Gasteiger partial charge on any atom is 0.178 e. The molecule has 1 aromatic heterocycles. The van der Waals surface area contributed by atoms with Gasteiger partial charge >= 0.3 is 0 Å². The zero-order valence-electron chi connectivity index (χ0n) is 11.5. The van der Waals surface area contributed by atoms with Crippen LogP contribution in [0.4, 0.5) is 0 Å². The SMILES string of the molecule is Cc1ccc2c(c1)[nH]c(=S)n2CCN(C)C(C)C. The Hall–Kier alpha value is -1.13. The number of fused-ring (bicyclic) bond motifs is 1. The first kappa shape index (κ1) is 13.3. The number of hydrogen-bond acceptors (Lipinski definition) is 2. The molecule has 1 N–H and O–H groups in total. The number of imidazole rings is 1. The van der Waals surface area contributed by atoms with Crippen LogP contribution in [-0.4, -0.2) is 34.1 Å². The highest BCUT2D eigenvalue weighted by Crippen LogP contribution is 2.15. The predicted octanol–water partition coefficient (Wildman–Crippen LogP) is 3.35. The molecule has 0 saturated heterocycles. The van der Waals surface area contributed by atoms with Gasteiger partial charge < -0.3 is 14.5 Å². The zero-order valence-corrected chi connectivity index (χ0v) is 12.3. The number of likely N-dealkylation sites (N-methyl/N-ethyl adjacent to an activating group) is 1. The quantitative estimate of drug-likeness (QED) is 0.855. The van der Waals surface area contributed by atoms with E-state index in [9.17, 15) is 0 Å². The Morgan fingerprint density at radius 1 is 1.39 bits per heavy atom. The van der Waals surface area contributed by atoms with E-state index in [0.29, 0.717) is 6.04 Å². The normalized spacial score (nSPS) is 11.9. The third-order valence-electron chi connectivity index (χ3n) is 3.49. The van der Waals surface area contributed by atoms with Crippen molar-refractivity contribution in [3.05, 3.63) is 28.5 Å². The summed E-state index contributed by atoms with van der Waals surface area (Å²) in [6, 6.07) is 6.99. The van der Waals surface area contributed by atoms with Crippen LogP contribution >= 0.6 is 12.2 Å². The lowest BCUT2D eigenvalue weighted by atomic mass is 10.2. The number of nitrogens with one attached hydrogen (secondary N) is 1. The summed E-state index contributed by atoms with van der Waals surface area (Å²) in [6.45, 7) is 8.44. The molecule has 1 heterocycles. The number of rotatable bonds is 4. The molecule has 0 fully saturated rings. The predicted molar refractivity (Wildman–Crippen MR) is 79.6 cm³/mol. The highest BCUT2D eigenvalue weighted by atomic mass is 32.1. The molecule has 4 heteroatoms. The van der Waals surface area contributed by atoms with Crippen LogP contribution < -0.4 is 0 Å². The first-order valence-corrected chi connectivity index (χ1v) is 6.79. The van der Waals surface area contributed by atoms with Crippen LogP contribution in [0.1, 0.15) is 19.4 Å². The molecule has 1 aromatic carbocycles. The maximum atomic E-state index is 5.40. The van der Waals surface area contributed by atoms with E-state index in [1.165, 1.54) is 11.1 Å². The van der Waals surface area contributed by atoms with Crippen molar-refractivity contribution in [2.75, 3.05) is 13.6 Å². The van der Waals surface area contributed by atoms with Gasteiger partial charge in [-0.2, -0.15) is 0 Å². The first-order chi connectivity index (χ1) is 8.49. The van der Waals surface area contributed by atoms with Crippen molar-refractivity contribution < 1.29 is 0 Å². The third-order valence-corrected chi connectivity index (χ3v) is 3.81. The van der Waals surface area contributed by atoms with Crippen LogP contribution in [0.25, 0.3) is 11.0 Å². The molecule has 0 aliphatic rings. The van der Waals surface area contributed by atoms with Crippen LogP contribution in [0, 0.1) is 11.7 Å². The summed E-state index contributed by atoms with van der Waals surface area (Å²) >= 11 is 5.40. The molecule has 0 amide bonds. The van der Waals surface area contributed by atoms with Crippen molar-refractivity contribution in [3.63, 3.8) is 0 Å². The van der Waals surface area contributed by atoms with E-state index in [4.69, 9.17) is 12.2 Å². The average molecular weight is 263 g/mol. The summed E-state index contributed by atoms with van der Waals surface area (Å²) in [5.74, 6) is 0. The van der Waals surface area contributed by atoms with Crippen molar-refractivity contribution >= 4 is 23.3 Å². The van der Waals surface area contributed by atoms with Gasteiger partial charge in [0.1, 0.15) is 0 Å². The molecule has 0 saturated carbocycles. The minimum Gasteiger partial charge on any atom is -0.331 e. The molecular formula is C14H21N3S. The number of aryl methyl sites for hydroxylation is 1. The fourth-order valence-corrected chi connectivity index (χ4v) is 2.31. The molecule has 0 unspecified atom stereocenters. The van der Waals surface area contributed by atoms with Crippen LogP contribution in [-0.2, 0) is 6.54 Å². The summed E-state index contributed by atoms with van der Waals surface area (Å²) in [5.41, 5.74) is 3.58. The van der Waals surface area contributed by atoms with Gasteiger partial charge in [-0.3, -0.25) is 0 Å². The summed E-state index contributed by atoms with van der Waals surface area (Å²) in [6.07, 6.45) is 0. The Kier molecular flexibility index (Phi) is 3.88. The summed E-state index contributed by atoms with van der Waals surface area (Å²) in [4.78, 5) is 5.61. The fourth-order valence-electron chi connectivity index (χ4n) is 2.02. The number of hydrogen-bond donors (Lipinski definition) is 1. The largest absolute Gasteiger partial charge is 0.331 e. The van der Waals surface area contributed by atoms with Gasteiger partial charge in [-0.1, -0.05) is 6.07 Å². The molecule has 2 aromatic rings. The molecule has 3 nitrogen and oxygen atoms in total. The highest BCUT2D eigenvalue weighted by molar-refractivity contribution is 7.71. The third kappa shape index (κ3) is 2.65. The minimum atomic E-state index is 0.562. The molecule has 0 radical (unpaired) electrons. The molecule has 0 atom stereocenters. The molecule has 0 aliphatic carbocycles. The van der Waals surface area contributed by atoms with Gasteiger partial charge in [-0.15, -0.1) is 0 Å². The number of H-pyrrole nitrogens is 1. The Balaban J connectivity index is 2.28. The lowest BCUT2D eigenvalue weighted by Gasteiger charge is -2.21. The summed E-state index contributed by atoms with van der Waals surface area (Å²) < 4.78 is 3.00. The molecule has 0 bridgehead atoms. The van der Waals surface area contributed by atoms with E-state index in [2.05, 4.69) is 60.5 Å². The number of aromatic amines is 1. The van der Waals surface area contributed by atoms with Gasteiger partial charge in [0, 0.05) is 19.1 Å². The highest BCUT2D eigenvalue weighted by Gasteiger charge is 2.07. The zero-order chi connectivity index (χ0) is 13.3. The van der Waals surface area contributed by atoms with E-state index in [-0.39, 0.29) is 0 Å². The lowest BCUT2D eigenvalue weighted by Crippen LogP contribution is -2.29. The van der Waals surface area contributed by atoms with Crippen molar-refractivity contribution in [2.24, 2.45) is 0 Å². The molecule has 98 valence electrons. The standard InChI is InChI=1S/C14H21N3S/c1-10(2)16(4)7-8-17-13-6-5-11(3)9-12(13)15-14(17)18/h5-6,9-10H,7-8H2,1-4H3,(H,15,18). The smallest absolute Gasteiger partial charge is 0.178 e. The maximum absolute atomic E-state index is 5.40. The lowest BCUT2D eigenvalue weighted by molar-refractivity contribution is 0.263. The van der Waals surface area contributed by atoms with Crippen molar-refractivity contribution in [1.82, 2.24) is 14.5 Å². The Morgan fingerprint density at radius 3 is 2.78 bits per heavy atom. The Morgan fingerprint density at radius 2 is 2.11 bits per heavy atom. The summed E-state index contributed by atoms with van der Waals surface area (Å²) in [7, 11) is 2.15. The molecule has 0 spiro atoms. The van der Waals surface area contributed by atoms with E-state index in [1.54, 1.807) is 0 Å². The van der Waals surface area contributed by atoms with E-state index in [1.807, 2.05) is 0 Å².